The molecule has 0 radical (unpaired) electrons. The lowest BCUT2D eigenvalue weighted by Crippen LogP contribution is -2.50. The van der Waals surface area contributed by atoms with E-state index < -0.39 is 46.2 Å². The van der Waals surface area contributed by atoms with Crippen molar-refractivity contribution in [3.05, 3.63) is 35.0 Å². The van der Waals surface area contributed by atoms with Crippen molar-refractivity contribution in [3.8, 4) is 5.75 Å². The zero-order valence-electron chi connectivity index (χ0n) is 19.4. The van der Waals surface area contributed by atoms with E-state index in [9.17, 15) is 22.8 Å². The van der Waals surface area contributed by atoms with Crippen LogP contribution in [0.2, 0.25) is 0 Å². The smallest absolute Gasteiger partial charge is 0.338 e. The largest absolute Gasteiger partial charge is 0.495 e. The number of carbonyl (C=O) groups is 3. The number of ether oxygens (including phenoxy) is 3. The van der Waals surface area contributed by atoms with Crippen LogP contribution in [0.4, 0.5) is 4.79 Å². The number of sulfonamides is 1. The Morgan fingerprint density at radius 3 is 2.39 bits per heavy atom. The van der Waals surface area contributed by atoms with Crippen molar-refractivity contribution in [2.75, 3.05) is 20.3 Å². The third kappa shape index (κ3) is 6.68. The summed E-state index contributed by atoms with van der Waals surface area (Å²) in [7, 11) is -2.70. The topological polar surface area (TPSA) is 149 Å². The van der Waals surface area contributed by atoms with E-state index in [4.69, 9.17) is 14.2 Å². The van der Waals surface area contributed by atoms with Gasteiger partial charge in [0.15, 0.2) is 0 Å². The summed E-state index contributed by atoms with van der Waals surface area (Å²) in [5.74, 6) is -1.47. The van der Waals surface area contributed by atoms with Gasteiger partial charge in [0, 0.05) is 5.54 Å². The van der Waals surface area contributed by atoms with Crippen molar-refractivity contribution in [1.29, 1.82) is 0 Å². The second kappa shape index (κ2) is 10.2. The van der Waals surface area contributed by atoms with Gasteiger partial charge in [-0.1, -0.05) is 0 Å². The molecular formula is C21H29N3O8S. The molecular weight excluding hydrogens is 454 g/mol. The van der Waals surface area contributed by atoms with E-state index in [2.05, 4.69) is 15.4 Å². The van der Waals surface area contributed by atoms with Crippen molar-refractivity contribution in [3.63, 3.8) is 0 Å². The molecule has 0 bridgehead atoms. The van der Waals surface area contributed by atoms with Crippen LogP contribution in [0.3, 0.4) is 0 Å². The molecule has 1 aliphatic rings. The Morgan fingerprint density at radius 1 is 1.15 bits per heavy atom. The fourth-order valence-corrected chi connectivity index (χ4v) is 4.70. The van der Waals surface area contributed by atoms with Gasteiger partial charge >= 0.3 is 18.0 Å². The lowest BCUT2D eigenvalue weighted by atomic mass is 10.0. The van der Waals surface area contributed by atoms with Crippen LogP contribution in [0.5, 0.6) is 5.75 Å². The minimum absolute atomic E-state index is 0.0510. The van der Waals surface area contributed by atoms with Gasteiger partial charge in [-0.25, -0.2) is 27.5 Å². The number of esters is 2. The summed E-state index contributed by atoms with van der Waals surface area (Å²) in [5.41, 5.74) is -0.623. The fourth-order valence-electron chi connectivity index (χ4n) is 3.09. The molecule has 11 nitrogen and oxygen atoms in total. The normalized spacial score (nSPS) is 16.5. The third-order valence-electron chi connectivity index (χ3n) is 4.34. The maximum Gasteiger partial charge on any atom is 0.338 e. The van der Waals surface area contributed by atoms with Gasteiger partial charge < -0.3 is 24.8 Å². The summed E-state index contributed by atoms with van der Waals surface area (Å²) in [5, 5.41) is 4.98. The minimum atomic E-state index is -4.01. The Hall–Kier alpha value is -3.12. The number of methoxy groups -OCH3 is 1. The molecule has 1 aliphatic heterocycles. The number of nitrogens with one attached hydrogen (secondary N) is 3. The lowest BCUT2D eigenvalue weighted by molar-refractivity contribution is -0.139. The molecule has 0 spiro atoms. The van der Waals surface area contributed by atoms with E-state index in [1.54, 1.807) is 34.6 Å². The molecule has 0 fully saturated rings. The summed E-state index contributed by atoms with van der Waals surface area (Å²) < 4.78 is 43.5. The second-order valence-electron chi connectivity index (χ2n) is 8.23. The predicted octanol–water partition coefficient (Wildman–Crippen LogP) is 1.45. The Kier molecular flexibility index (Phi) is 8.09. The maximum atomic E-state index is 12.8. The van der Waals surface area contributed by atoms with Gasteiger partial charge in [0.05, 0.1) is 36.6 Å². The minimum Gasteiger partial charge on any atom is -0.495 e. The van der Waals surface area contributed by atoms with E-state index in [1.807, 2.05) is 0 Å². The molecule has 1 aromatic rings. The highest BCUT2D eigenvalue weighted by Crippen LogP contribution is 2.26. The van der Waals surface area contributed by atoms with Crippen LogP contribution < -0.4 is 20.1 Å². The molecule has 2 rings (SSSR count). The molecule has 0 aliphatic carbocycles. The number of hydrogen-bond donors (Lipinski definition) is 3. The summed E-state index contributed by atoms with van der Waals surface area (Å²) in [6.45, 7) is 7.97. The molecule has 0 saturated heterocycles. The number of hydrogen-bond acceptors (Lipinski definition) is 8. The van der Waals surface area contributed by atoms with E-state index >= 15 is 0 Å². The van der Waals surface area contributed by atoms with Gasteiger partial charge in [-0.05, 0) is 52.8 Å². The molecule has 0 aromatic heterocycles. The van der Waals surface area contributed by atoms with Gasteiger partial charge in [-0.2, -0.15) is 0 Å². The van der Waals surface area contributed by atoms with E-state index in [-0.39, 0.29) is 34.1 Å². The third-order valence-corrected chi connectivity index (χ3v) is 6.12. The van der Waals surface area contributed by atoms with Crippen LogP contribution in [0.15, 0.2) is 34.4 Å². The molecule has 33 heavy (non-hydrogen) atoms. The van der Waals surface area contributed by atoms with Gasteiger partial charge in [0.1, 0.15) is 17.3 Å². The lowest BCUT2D eigenvalue weighted by Gasteiger charge is -2.26. The molecule has 12 heteroatoms. The van der Waals surface area contributed by atoms with Crippen LogP contribution in [0.1, 0.15) is 45.0 Å². The van der Waals surface area contributed by atoms with Crippen LogP contribution >= 0.6 is 0 Å². The summed E-state index contributed by atoms with van der Waals surface area (Å²) in [6, 6.07) is 2.60. The number of rotatable bonds is 8. The highest BCUT2D eigenvalue weighted by atomic mass is 32.2. The molecule has 1 heterocycles. The van der Waals surface area contributed by atoms with Crippen LogP contribution in [0, 0.1) is 0 Å². The zero-order valence-corrected chi connectivity index (χ0v) is 20.2. The number of benzene rings is 1. The standard InChI is InChI=1S/C21H29N3O8S/c1-7-31-19(26)17-12(2)22-20(27)23-14(17)11-32-18(25)13-8-9-15(30-6)16(10-13)33(28,29)24-21(3,4)5/h8-10,12,24H,7,11H2,1-6H3,(H2,22,23,27). The molecule has 3 N–H and O–H groups in total. The molecule has 182 valence electrons. The molecule has 1 aromatic carbocycles. The van der Waals surface area contributed by atoms with E-state index in [1.165, 1.54) is 19.2 Å². The number of carbonyl (C=O) groups excluding carboxylic acids is 3. The van der Waals surface area contributed by atoms with Crippen LogP contribution in [-0.4, -0.2) is 58.3 Å². The van der Waals surface area contributed by atoms with E-state index in [0.29, 0.717) is 0 Å². The van der Waals surface area contributed by atoms with Crippen molar-refractivity contribution in [2.24, 2.45) is 0 Å². The highest BCUT2D eigenvalue weighted by Gasteiger charge is 2.31. The first-order valence-electron chi connectivity index (χ1n) is 10.2. The van der Waals surface area contributed by atoms with Crippen molar-refractivity contribution >= 4 is 28.0 Å². The molecule has 2 amide bonds. The van der Waals surface area contributed by atoms with E-state index in [0.717, 1.165) is 6.07 Å². The van der Waals surface area contributed by atoms with Gasteiger partial charge in [-0.3, -0.25) is 0 Å². The van der Waals surface area contributed by atoms with Crippen molar-refractivity contribution in [2.45, 2.75) is 51.1 Å². The monoisotopic (exact) mass is 483 g/mol. The number of urea groups is 1. The zero-order chi connectivity index (χ0) is 25.0. The summed E-state index contributed by atoms with van der Waals surface area (Å²) in [6.07, 6.45) is 0. The first kappa shape index (κ1) is 26.1. The van der Waals surface area contributed by atoms with Crippen LogP contribution in [0.25, 0.3) is 0 Å². The first-order valence-corrected chi connectivity index (χ1v) is 11.6. The molecule has 0 saturated carbocycles. The predicted molar refractivity (Wildman–Crippen MR) is 118 cm³/mol. The Labute approximate surface area is 192 Å². The molecule has 1 atom stereocenters. The SMILES string of the molecule is CCOC(=O)C1=C(COC(=O)c2ccc(OC)c(S(=O)(=O)NC(C)(C)C)c2)NC(=O)NC1C. The quantitative estimate of drug-likeness (QED) is 0.470. The fraction of sp³-hybridized carbons (Fsp3) is 0.476. The van der Waals surface area contributed by atoms with Crippen molar-refractivity contribution < 1.29 is 37.0 Å². The highest BCUT2D eigenvalue weighted by molar-refractivity contribution is 7.89. The first-order chi connectivity index (χ1) is 15.3. The van der Waals surface area contributed by atoms with Gasteiger partial charge in [0.2, 0.25) is 10.0 Å². The average molecular weight is 484 g/mol. The van der Waals surface area contributed by atoms with Crippen LogP contribution in [-0.2, 0) is 24.3 Å². The number of amides is 2. The maximum absolute atomic E-state index is 12.8. The Morgan fingerprint density at radius 2 is 1.82 bits per heavy atom. The second-order valence-corrected chi connectivity index (χ2v) is 9.88. The van der Waals surface area contributed by atoms with Gasteiger partial charge in [-0.15, -0.1) is 0 Å². The summed E-state index contributed by atoms with van der Waals surface area (Å²) >= 11 is 0. The summed E-state index contributed by atoms with van der Waals surface area (Å²) in [4.78, 5) is 36.5. The Bertz CT molecular complexity index is 1070. The van der Waals surface area contributed by atoms with Crippen molar-refractivity contribution in [1.82, 2.24) is 15.4 Å². The average Bonchev–Trinajstić information content (AvgIpc) is 2.69. The Balaban J connectivity index is 2.32. The molecule has 1 unspecified atom stereocenters. The van der Waals surface area contributed by atoms with Gasteiger partial charge in [0.25, 0.3) is 0 Å².